The number of phosphoric acid groups is 1. The molecule has 0 fully saturated rings. The molecule has 0 aliphatic carbocycles. The van der Waals surface area contributed by atoms with Gasteiger partial charge in [0.25, 0.3) is 0 Å². The quantitative estimate of drug-likeness (QED) is 0.0287. The number of rotatable bonds is 32. The molecule has 0 aromatic carbocycles. The standard InChI is InChI=1S/C34H64NO8P/c1-3-5-7-9-11-12-13-14-15-16-17-18-19-21-23-25-27-34(38)41-30-32(36)31-43-44(39,40)42-29-28-35-33(37)26-24-22-20-10-8-6-4-2/h12-13,15-16,32,36H,3-11,14,17-31H2,1-2H3,(H,35,37)(H,39,40)/b13-12-,16-15-. The molecule has 3 N–H and O–H groups in total. The van der Waals surface area contributed by atoms with Gasteiger partial charge in [0.15, 0.2) is 0 Å². The predicted molar refractivity (Wildman–Crippen MR) is 178 cm³/mol. The summed E-state index contributed by atoms with van der Waals surface area (Å²) in [6.45, 7) is 3.45. The monoisotopic (exact) mass is 645 g/mol. The van der Waals surface area contributed by atoms with Crippen LogP contribution in [0.2, 0.25) is 0 Å². The number of ether oxygens (including phenoxy) is 1. The minimum absolute atomic E-state index is 0.0810. The van der Waals surface area contributed by atoms with E-state index in [0.717, 1.165) is 64.2 Å². The lowest BCUT2D eigenvalue weighted by Crippen LogP contribution is -2.27. The Labute approximate surface area is 268 Å². The largest absolute Gasteiger partial charge is 0.472 e. The van der Waals surface area contributed by atoms with Gasteiger partial charge in [0.05, 0.1) is 13.2 Å². The predicted octanol–water partition coefficient (Wildman–Crippen LogP) is 8.48. The number of aliphatic hydroxyl groups excluding tert-OH is 1. The van der Waals surface area contributed by atoms with Crippen molar-refractivity contribution < 1.29 is 37.9 Å². The van der Waals surface area contributed by atoms with Crippen molar-refractivity contribution in [2.24, 2.45) is 0 Å². The Morgan fingerprint density at radius 2 is 1.23 bits per heavy atom. The maximum absolute atomic E-state index is 12.0. The second-order valence-electron chi connectivity index (χ2n) is 11.5. The number of phosphoric ester groups is 1. The molecule has 9 nitrogen and oxygen atoms in total. The minimum atomic E-state index is -4.40. The molecule has 0 aliphatic rings. The van der Waals surface area contributed by atoms with E-state index in [4.69, 9.17) is 13.8 Å². The fourth-order valence-electron chi connectivity index (χ4n) is 4.47. The maximum Gasteiger partial charge on any atom is 0.472 e. The maximum atomic E-state index is 12.0. The molecule has 0 heterocycles. The van der Waals surface area contributed by atoms with Crippen molar-refractivity contribution in [1.29, 1.82) is 0 Å². The number of unbranched alkanes of at least 4 members (excludes halogenated alkanes) is 15. The molecule has 0 rings (SSSR count). The first-order chi connectivity index (χ1) is 21.3. The number of hydrogen-bond donors (Lipinski definition) is 3. The molecular weight excluding hydrogens is 581 g/mol. The SMILES string of the molecule is CCCCCC/C=C\C/C=C\CCCCCCCC(=O)OCC(O)COP(=O)(O)OCCNC(=O)CCCCCCCCC. The molecule has 0 saturated carbocycles. The van der Waals surface area contributed by atoms with Crippen LogP contribution in [0, 0.1) is 0 Å². The average Bonchev–Trinajstić information content (AvgIpc) is 3.00. The molecule has 2 atom stereocenters. The van der Waals surface area contributed by atoms with E-state index >= 15 is 0 Å². The number of aliphatic hydroxyl groups is 1. The van der Waals surface area contributed by atoms with E-state index in [2.05, 4.69) is 43.5 Å². The van der Waals surface area contributed by atoms with Gasteiger partial charge in [-0.15, -0.1) is 0 Å². The van der Waals surface area contributed by atoms with E-state index in [9.17, 15) is 24.2 Å². The summed E-state index contributed by atoms with van der Waals surface area (Å²) in [6, 6.07) is 0. The summed E-state index contributed by atoms with van der Waals surface area (Å²) in [5.41, 5.74) is 0. The number of allylic oxidation sites excluding steroid dienone is 4. The van der Waals surface area contributed by atoms with Gasteiger partial charge in [0.2, 0.25) is 5.91 Å². The van der Waals surface area contributed by atoms with Crippen LogP contribution in [-0.2, 0) is 27.9 Å². The molecule has 0 aromatic heterocycles. The highest BCUT2D eigenvalue weighted by molar-refractivity contribution is 7.47. The Morgan fingerprint density at radius 3 is 1.84 bits per heavy atom. The van der Waals surface area contributed by atoms with E-state index < -0.39 is 26.5 Å². The van der Waals surface area contributed by atoms with Gasteiger partial charge in [0.1, 0.15) is 12.7 Å². The van der Waals surface area contributed by atoms with Crippen LogP contribution in [-0.4, -0.2) is 54.3 Å². The molecular formula is C34H64NO8P. The van der Waals surface area contributed by atoms with Gasteiger partial charge in [-0.3, -0.25) is 18.6 Å². The Morgan fingerprint density at radius 1 is 0.705 bits per heavy atom. The van der Waals surface area contributed by atoms with Crippen molar-refractivity contribution in [2.45, 2.75) is 155 Å². The highest BCUT2D eigenvalue weighted by Crippen LogP contribution is 2.42. The van der Waals surface area contributed by atoms with Gasteiger partial charge < -0.3 is 20.1 Å². The zero-order valence-corrected chi connectivity index (χ0v) is 28.7. The van der Waals surface area contributed by atoms with E-state index in [1.54, 1.807) is 0 Å². The van der Waals surface area contributed by atoms with E-state index in [1.807, 2.05) is 0 Å². The number of carbonyl (C=O) groups excluding carboxylic acids is 2. The fraction of sp³-hybridized carbons (Fsp3) is 0.824. The smallest absolute Gasteiger partial charge is 0.463 e. The number of nitrogens with one attached hydrogen (secondary N) is 1. The van der Waals surface area contributed by atoms with Crippen molar-refractivity contribution in [3.63, 3.8) is 0 Å². The number of amides is 1. The van der Waals surface area contributed by atoms with Crippen LogP contribution in [0.4, 0.5) is 0 Å². The summed E-state index contributed by atoms with van der Waals surface area (Å²) in [4.78, 5) is 33.5. The molecule has 0 saturated heterocycles. The summed E-state index contributed by atoms with van der Waals surface area (Å²) in [7, 11) is -4.40. The molecule has 0 spiro atoms. The highest BCUT2D eigenvalue weighted by atomic mass is 31.2. The summed E-state index contributed by atoms with van der Waals surface area (Å²) in [6.07, 6.45) is 29.8. The van der Waals surface area contributed by atoms with Crippen LogP contribution in [0.1, 0.15) is 149 Å². The molecule has 2 unspecified atom stereocenters. The molecule has 1 amide bonds. The minimum Gasteiger partial charge on any atom is -0.463 e. The number of esters is 1. The Balaban J connectivity index is 3.66. The Bertz CT molecular complexity index is 789. The summed E-state index contributed by atoms with van der Waals surface area (Å²) in [5.74, 6) is -0.538. The third-order valence-electron chi connectivity index (χ3n) is 7.13. The van der Waals surface area contributed by atoms with Gasteiger partial charge in [0, 0.05) is 19.4 Å². The van der Waals surface area contributed by atoms with E-state index in [1.165, 1.54) is 57.8 Å². The van der Waals surface area contributed by atoms with Crippen LogP contribution >= 0.6 is 7.82 Å². The normalized spacial score (nSPS) is 13.8. The van der Waals surface area contributed by atoms with Crippen molar-refractivity contribution >= 4 is 19.7 Å². The number of carbonyl (C=O) groups is 2. The summed E-state index contributed by atoms with van der Waals surface area (Å²) >= 11 is 0. The first kappa shape index (κ1) is 42.5. The lowest BCUT2D eigenvalue weighted by molar-refractivity contribution is -0.147. The van der Waals surface area contributed by atoms with Crippen LogP contribution in [0.5, 0.6) is 0 Å². The zero-order chi connectivity index (χ0) is 32.6. The second-order valence-corrected chi connectivity index (χ2v) is 12.9. The zero-order valence-electron chi connectivity index (χ0n) is 27.9. The van der Waals surface area contributed by atoms with Gasteiger partial charge in [-0.05, 0) is 44.9 Å². The Hall–Kier alpha value is -1.51. The topological polar surface area (TPSA) is 131 Å². The molecule has 10 heteroatoms. The van der Waals surface area contributed by atoms with Crippen molar-refractivity contribution in [3.8, 4) is 0 Å². The summed E-state index contributed by atoms with van der Waals surface area (Å²) in [5, 5.41) is 12.6. The number of hydrogen-bond acceptors (Lipinski definition) is 7. The van der Waals surface area contributed by atoms with Gasteiger partial charge in [-0.25, -0.2) is 4.57 Å². The first-order valence-electron chi connectivity index (χ1n) is 17.3. The van der Waals surface area contributed by atoms with E-state index in [0.29, 0.717) is 6.42 Å². The molecule has 0 aromatic rings. The van der Waals surface area contributed by atoms with Crippen LogP contribution < -0.4 is 5.32 Å². The first-order valence-corrected chi connectivity index (χ1v) is 18.8. The molecule has 0 bridgehead atoms. The lowest BCUT2D eigenvalue weighted by atomic mass is 10.1. The van der Waals surface area contributed by atoms with Crippen LogP contribution in [0.15, 0.2) is 24.3 Å². The van der Waals surface area contributed by atoms with Gasteiger partial charge in [-0.1, -0.05) is 115 Å². The average molecular weight is 646 g/mol. The fourth-order valence-corrected chi connectivity index (χ4v) is 5.22. The van der Waals surface area contributed by atoms with E-state index in [-0.39, 0.29) is 32.1 Å². The molecule has 0 aliphatic heterocycles. The third-order valence-corrected chi connectivity index (χ3v) is 8.12. The van der Waals surface area contributed by atoms with Crippen molar-refractivity contribution in [1.82, 2.24) is 5.32 Å². The Kier molecular flexibility index (Phi) is 30.4. The lowest BCUT2D eigenvalue weighted by Gasteiger charge is -2.15. The van der Waals surface area contributed by atoms with Gasteiger partial charge >= 0.3 is 13.8 Å². The van der Waals surface area contributed by atoms with Crippen LogP contribution in [0.25, 0.3) is 0 Å². The highest BCUT2D eigenvalue weighted by Gasteiger charge is 2.23. The second kappa shape index (κ2) is 31.5. The molecule has 44 heavy (non-hydrogen) atoms. The molecule has 258 valence electrons. The van der Waals surface area contributed by atoms with Crippen molar-refractivity contribution in [2.75, 3.05) is 26.4 Å². The molecule has 0 radical (unpaired) electrons. The van der Waals surface area contributed by atoms with Crippen LogP contribution in [0.3, 0.4) is 0 Å². The van der Waals surface area contributed by atoms with Gasteiger partial charge in [-0.2, -0.15) is 0 Å². The third kappa shape index (κ3) is 31.9. The van der Waals surface area contributed by atoms with Crippen molar-refractivity contribution in [3.05, 3.63) is 24.3 Å². The summed E-state index contributed by atoms with van der Waals surface area (Å²) < 4.78 is 26.6.